The van der Waals surface area contributed by atoms with Crippen molar-refractivity contribution in [2.75, 3.05) is 67.5 Å². The quantitative estimate of drug-likeness (QED) is 0.160. The van der Waals surface area contributed by atoms with E-state index in [4.69, 9.17) is 0 Å². The van der Waals surface area contributed by atoms with Gasteiger partial charge >= 0.3 is 0 Å². The van der Waals surface area contributed by atoms with Gasteiger partial charge in [0.05, 0.1) is 30.4 Å². The van der Waals surface area contributed by atoms with Crippen LogP contribution in [0, 0.1) is 11.3 Å². The fraction of sp³-hybridized carbons (Fsp3) is 0.633. The van der Waals surface area contributed by atoms with Crippen molar-refractivity contribution in [1.29, 1.82) is 0 Å². The molecule has 16 nitrogen and oxygen atoms in total. The summed E-state index contributed by atoms with van der Waals surface area (Å²) in [5, 5.41) is 35.3. The maximum atomic E-state index is 13.8. The lowest BCUT2D eigenvalue weighted by atomic mass is 9.66. The molecule has 65 heavy (non-hydrogen) atoms. The smallest absolute Gasteiger partial charge is 0.251 e. The van der Waals surface area contributed by atoms with E-state index in [0.717, 1.165) is 76.3 Å². The van der Waals surface area contributed by atoms with Crippen LogP contribution in [0.3, 0.4) is 0 Å². The standard InChI is InChI=1S/C49H69N11O5/c1-48(65)20-3-2-4-25-59-46(64)38-32-50-47(55-43(38)60(59)41-7-5-6-40(48)53-41)51-34-10-14-36(15-11-34)57-28-30-58(31-29-57)37-18-21-49(22-19-37)23-26-56(27-24-49)35-12-8-33(9-13-35)44(62)52-39-16-17-42(61)54-45(39)63/h2,4,8-15,37-41,43,47,50-51,53,55,65H,3,5-7,16-32H2,1H3,(H,52,62)(H,54,61,63)/b4-2-/t38?,39?,40?,41?,43?,47?,48-/m1/s1. The molecule has 350 valence electrons. The lowest BCUT2D eigenvalue weighted by Gasteiger charge is -2.49. The van der Waals surface area contributed by atoms with Crippen molar-refractivity contribution in [1.82, 2.24) is 41.5 Å². The van der Waals surface area contributed by atoms with Crippen LogP contribution in [0.1, 0.15) is 101 Å². The van der Waals surface area contributed by atoms with Gasteiger partial charge in [0.1, 0.15) is 12.3 Å². The number of carbonyl (C=O) groups is 4. The lowest BCUT2D eigenvalue weighted by Crippen LogP contribution is -2.69. The first-order valence-electron chi connectivity index (χ1n) is 24.6. The fourth-order valence-corrected chi connectivity index (χ4v) is 12.2. The summed E-state index contributed by atoms with van der Waals surface area (Å²) in [6.07, 6.45) is 16.2. The first kappa shape index (κ1) is 44.3. The number of aliphatic hydroxyl groups is 1. The Morgan fingerprint density at radius 3 is 2.22 bits per heavy atom. The Labute approximate surface area is 383 Å². The van der Waals surface area contributed by atoms with Crippen molar-refractivity contribution >= 4 is 40.7 Å². The maximum Gasteiger partial charge on any atom is 0.251 e. The molecule has 7 aliphatic heterocycles. The molecule has 8 aliphatic rings. The van der Waals surface area contributed by atoms with Crippen LogP contribution in [-0.2, 0) is 14.4 Å². The maximum absolute atomic E-state index is 13.8. The number of amides is 4. The zero-order valence-electron chi connectivity index (χ0n) is 38.0. The molecule has 1 aliphatic carbocycles. The average Bonchev–Trinajstić information content (AvgIpc) is 3.59. The highest BCUT2D eigenvalue weighted by atomic mass is 16.3. The van der Waals surface area contributed by atoms with Crippen LogP contribution in [0.2, 0.25) is 0 Å². The number of piperazine rings is 1. The summed E-state index contributed by atoms with van der Waals surface area (Å²) in [6, 6.07) is 16.5. The molecule has 6 saturated heterocycles. The highest BCUT2D eigenvalue weighted by molar-refractivity contribution is 6.03. The van der Waals surface area contributed by atoms with Gasteiger partial charge in [0, 0.05) is 86.9 Å². The van der Waals surface area contributed by atoms with Gasteiger partial charge in [-0.3, -0.25) is 50.4 Å². The van der Waals surface area contributed by atoms with E-state index < -0.39 is 17.6 Å². The molecule has 1 saturated carbocycles. The molecular weight excluding hydrogens is 823 g/mol. The zero-order valence-corrected chi connectivity index (χ0v) is 38.0. The Kier molecular flexibility index (Phi) is 12.7. The number of carbonyl (C=O) groups excluding carboxylic acids is 4. The van der Waals surface area contributed by atoms with Gasteiger partial charge in [-0.25, -0.2) is 0 Å². The third kappa shape index (κ3) is 9.39. The van der Waals surface area contributed by atoms with Gasteiger partial charge in [0.2, 0.25) is 17.7 Å². The molecule has 7 fully saturated rings. The third-order valence-corrected chi connectivity index (χ3v) is 16.3. The second-order valence-electron chi connectivity index (χ2n) is 20.3. The first-order valence-corrected chi connectivity index (χ1v) is 24.6. The largest absolute Gasteiger partial charge is 0.389 e. The summed E-state index contributed by atoms with van der Waals surface area (Å²) in [5.74, 6) is -1.08. The zero-order chi connectivity index (χ0) is 44.7. The number of rotatable bonds is 7. The summed E-state index contributed by atoms with van der Waals surface area (Å²) >= 11 is 0. The average molecular weight is 892 g/mol. The number of hydrogen-bond donors (Lipinski definition) is 7. The molecule has 2 aromatic rings. The van der Waals surface area contributed by atoms with E-state index in [1.807, 2.05) is 36.2 Å². The molecule has 6 unspecified atom stereocenters. The van der Waals surface area contributed by atoms with Gasteiger partial charge in [0.15, 0.2) is 0 Å². The molecule has 2 aromatic carbocycles. The molecule has 7 heterocycles. The van der Waals surface area contributed by atoms with E-state index in [-0.39, 0.29) is 54.7 Å². The second kappa shape index (κ2) is 18.6. The van der Waals surface area contributed by atoms with Crippen molar-refractivity contribution in [3.05, 3.63) is 66.2 Å². The number of allylic oxidation sites excluding steroid dienone is 1. The van der Waals surface area contributed by atoms with Crippen LogP contribution in [0.5, 0.6) is 0 Å². The molecule has 0 radical (unpaired) electrons. The monoisotopic (exact) mass is 892 g/mol. The van der Waals surface area contributed by atoms with Crippen molar-refractivity contribution in [2.45, 2.75) is 133 Å². The molecule has 2 bridgehead atoms. The molecule has 4 amide bonds. The molecule has 7 atom stereocenters. The Morgan fingerprint density at radius 2 is 1.49 bits per heavy atom. The number of hydrazine groups is 1. The summed E-state index contributed by atoms with van der Waals surface area (Å²) in [6.45, 7) is 9.34. The Morgan fingerprint density at radius 1 is 0.785 bits per heavy atom. The topological polar surface area (TPSA) is 177 Å². The molecular formula is C49H69N11O5. The predicted octanol–water partition coefficient (Wildman–Crippen LogP) is 3.03. The van der Waals surface area contributed by atoms with E-state index in [0.29, 0.717) is 43.0 Å². The SMILES string of the molecule is C[C@@]1(O)CC/C=C\CN2C(=O)C3CNC(Nc4ccc(N5CCN(C6CCC7(CC6)CCN(c6ccc(C(=O)NC8CCC(=O)NC8=O)cc6)CC7)CC5)cc4)NC3N2C2CCCC1N2. The lowest BCUT2D eigenvalue weighted by molar-refractivity contribution is -0.146. The van der Waals surface area contributed by atoms with E-state index in [1.165, 1.54) is 44.2 Å². The molecule has 1 spiro atoms. The van der Waals surface area contributed by atoms with Gasteiger partial charge in [-0.15, -0.1) is 0 Å². The van der Waals surface area contributed by atoms with E-state index in [9.17, 15) is 24.3 Å². The third-order valence-electron chi connectivity index (χ3n) is 16.3. The van der Waals surface area contributed by atoms with Gasteiger partial charge in [-0.2, -0.15) is 5.01 Å². The van der Waals surface area contributed by atoms with E-state index in [1.54, 1.807) is 0 Å². The van der Waals surface area contributed by atoms with Crippen LogP contribution >= 0.6 is 0 Å². The highest BCUT2D eigenvalue weighted by Gasteiger charge is 2.53. The first-order chi connectivity index (χ1) is 31.5. The number of benzene rings is 2. The number of piperidine rings is 3. The van der Waals surface area contributed by atoms with Crippen molar-refractivity contribution in [3.8, 4) is 0 Å². The van der Waals surface area contributed by atoms with Crippen LogP contribution in [0.4, 0.5) is 17.1 Å². The summed E-state index contributed by atoms with van der Waals surface area (Å²) in [5.41, 5.74) is 3.54. The van der Waals surface area contributed by atoms with Crippen molar-refractivity contribution < 1.29 is 24.3 Å². The number of anilines is 3. The van der Waals surface area contributed by atoms with Crippen molar-refractivity contribution in [3.63, 3.8) is 0 Å². The minimum atomic E-state index is -0.805. The number of fused-ring (bicyclic) bond motifs is 6. The fourth-order valence-electron chi connectivity index (χ4n) is 12.2. The molecule has 16 heteroatoms. The summed E-state index contributed by atoms with van der Waals surface area (Å²) < 4.78 is 0. The van der Waals surface area contributed by atoms with E-state index in [2.05, 4.69) is 88.0 Å². The predicted molar refractivity (Wildman–Crippen MR) is 249 cm³/mol. The van der Waals surface area contributed by atoms with E-state index >= 15 is 0 Å². The molecule has 0 aromatic heterocycles. The van der Waals surface area contributed by atoms with Gasteiger partial charge < -0.3 is 25.5 Å². The van der Waals surface area contributed by atoms with Gasteiger partial charge in [-0.05, 0) is 138 Å². The summed E-state index contributed by atoms with van der Waals surface area (Å²) in [7, 11) is 0. The van der Waals surface area contributed by atoms with Crippen LogP contribution in [0.15, 0.2) is 60.7 Å². The second-order valence-corrected chi connectivity index (χ2v) is 20.3. The van der Waals surface area contributed by atoms with Gasteiger partial charge in [-0.1, -0.05) is 12.2 Å². The van der Waals surface area contributed by atoms with Gasteiger partial charge in [0.25, 0.3) is 5.91 Å². The van der Waals surface area contributed by atoms with Crippen LogP contribution in [0.25, 0.3) is 0 Å². The summed E-state index contributed by atoms with van der Waals surface area (Å²) in [4.78, 5) is 57.9. The number of hydrogen-bond acceptors (Lipinski definition) is 13. The number of imide groups is 1. The minimum Gasteiger partial charge on any atom is -0.389 e. The van der Waals surface area contributed by atoms with Crippen LogP contribution < -0.4 is 41.7 Å². The van der Waals surface area contributed by atoms with Crippen LogP contribution in [-0.4, -0.2) is 138 Å². The molecule has 7 N–H and O–H groups in total. The number of nitrogens with zero attached hydrogens (tertiary/aromatic N) is 5. The highest BCUT2D eigenvalue weighted by Crippen LogP contribution is 2.46. The Bertz CT molecular complexity index is 2070. The Hall–Kier alpha value is -4.58. The molecule has 10 rings (SSSR count). The minimum absolute atomic E-state index is 0.0162. The normalized spacial score (nSPS) is 33.1. The van der Waals surface area contributed by atoms with Crippen molar-refractivity contribution in [2.24, 2.45) is 11.3 Å². The Balaban J connectivity index is 0.667. The number of nitrogens with one attached hydrogen (secondary N) is 6.